The zero-order valence-corrected chi connectivity index (χ0v) is 10.4. The Bertz CT molecular complexity index is 261. The predicted octanol–water partition coefficient (Wildman–Crippen LogP) is 1.76. The van der Waals surface area contributed by atoms with E-state index in [-0.39, 0.29) is 5.41 Å². The second kappa shape index (κ2) is 4.74. The highest BCUT2D eigenvalue weighted by molar-refractivity contribution is 5.85. The van der Waals surface area contributed by atoms with E-state index < -0.39 is 0 Å². The molecule has 1 amide bonds. The van der Waals surface area contributed by atoms with Crippen molar-refractivity contribution in [3.63, 3.8) is 0 Å². The van der Waals surface area contributed by atoms with Gasteiger partial charge in [-0.15, -0.1) is 0 Å². The third-order valence-electron chi connectivity index (χ3n) is 4.41. The summed E-state index contributed by atoms with van der Waals surface area (Å²) in [6.07, 6.45) is 6.92. The molecule has 0 bridgehead atoms. The molecule has 3 heteroatoms. The van der Waals surface area contributed by atoms with Crippen LogP contribution < -0.4 is 5.73 Å². The van der Waals surface area contributed by atoms with Crippen molar-refractivity contribution in [1.82, 2.24) is 4.90 Å². The number of rotatable bonds is 3. The van der Waals surface area contributed by atoms with Crippen LogP contribution in [0.2, 0.25) is 0 Å². The fraction of sp³-hybridized carbons (Fsp3) is 0.923. The van der Waals surface area contributed by atoms with Gasteiger partial charge in [0, 0.05) is 19.6 Å². The molecule has 1 atom stereocenters. The van der Waals surface area contributed by atoms with Crippen LogP contribution in [-0.2, 0) is 4.79 Å². The molecule has 1 saturated carbocycles. The summed E-state index contributed by atoms with van der Waals surface area (Å²) in [5, 5.41) is 0. The zero-order valence-electron chi connectivity index (χ0n) is 10.4. The van der Waals surface area contributed by atoms with Crippen molar-refractivity contribution in [3.05, 3.63) is 0 Å². The molecule has 2 rings (SSSR count). The second-order valence-corrected chi connectivity index (χ2v) is 5.48. The minimum atomic E-state index is -0.147. The van der Waals surface area contributed by atoms with Gasteiger partial charge in [-0.3, -0.25) is 4.79 Å². The molecule has 1 unspecified atom stereocenters. The highest BCUT2D eigenvalue weighted by Crippen LogP contribution is 2.46. The monoisotopic (exact) mass is 224 g/mol. The smallest absolute Gasteiger partial charge is 0.230 e. The van der Waals surface area contributed by atoms with Crippen molar-refractivity contribution in [2.45, 2.75) is 45.4 Å². The first-order valence-corrected chi connectivity index (χ1v) is 6.71. The van der Waals surface area contributed by atoms with Crippen molar-refractivity contribution >= 4 is 5.91 Å². The molecule has 1 aliphatic carbocycles. The van der Waals surface area contributed by atoms with Crippen LogP contribution in [0.5, 0.6) is 0 Å². The SMILES string of the molecule is CCC1CCCN(C(=O)C2(CN)CC2)CC1. The maximum absolute atomic E-state index is 12.3. The fourth-order valence-electron chi connectivity index (χ4n) is 2.77. The maximum atomic E-state index is 12.3. The Morgan fingerprint density at radius 2 is 2.12 bits per heavy atom. The molecule has 92 valence electrons. The topological polar surface area (TPSA) is 46.3 Å². The average Bonchev–Trinajstić information content (AvgIpc) is 3.12. The molecule has 2 aliphatic rings. The van der Waals surface area contributed by atoms with Crippen LogP contribution in [0, 0.1) is 11.3 Å². The van der Waals surface area contributed by atoms with Gasteiger partial charge in [-0.25, -0.2) is 0 Å². The van der Waals surface area contributed by atoms with E-state index in [2.05, 4.69) is 11.8 Å². The molecule has 1 saturated heterocycles. The third-order valence-corrected chi connectivity index (χ3v) is 4.41. The largest absolute Gasteiger partial charge is 0.342 e. The highest BCUT2D eigenvalue weighted by atomic mass is 16.2. The Morgan fingerprint density at radius 1 is 1.38 bits per heavy atom. The van der Waals surface area contributed by atoms with Gasteiger partial charge in [0.05, 0.1) is 5.41 Å². The predicted molar refractivity (Wildman–Crippen MR) is 64.9 cm³/mol. The number of hydrogen-bond donors (Lipinski definition) is 1. The normalized spacial score (nSPS) is 28.6. The molecule has 3 nitrogen and oxygen atoms in total. The first-order valence-electron chi connectivity index (χ1n) is 6.71. The lowest BCUT2D eigenvalue weighted by Crippen LogP contribution is -2.41. The van der Waals surface area contributed by atoms with Crippen molar-refractivity contribution in [2.75, 3.05) is 19.6 Å². The Labute approximate surface area is 98.4 Å². The second-order valence-electron chi connectivity index (χ2n) is 5.48. The van der Waals surface area contributed by atoms with Gasteiger partial charge < -0.3 is 10.6 Å². The Kier molecular flexibility index (Phi) is 3.53. The minimum absolute atomic E-state index is 0.147. The summed E-state index contributed by atoms with van der Waals surface area (Å²) in [7, 11) is 0. The molecule has 0 radical (unpaired) electrons. The lowest BCUT2D eigenvalue weighted by molar-refractivity contribution is -0.136. The number of carbonyl (C=O) groups excluding carboxylic acids is 1. The molecule has 0 aromatic carbocycles. The third kappa shape index (κ3) is 2.24. The quantitative estimate of drug-likeness (QED) is 0.794. The van der Waals surface area contributed by atoms with Crippen LogP contribution in [0.1, 0.15) is 45.4 Å². The molecule has 0 spiro atoms. The van der Waals surface area contributed by atoms with Crippen LogP contribution in [0.4, 0.5) is 0 Å². The van der Waals surface area contributed by atoms with Crippen molar-refractivity contribution in [1.29, 1.82) is 0 Å². The van der Waals surface area contributed by atoms with Gasteiger partial charge in [-0.2, -0.15) is 0 Å². The number of carbonyl (C=O) groups is 1. The Balaban J connectivity index is 1.92. The van der Waals surface area contributed by atoms with Gasteiger partial charge in [0.1, 0.15) is 0 Å². The van der Waals surface area contributed by atoms with Gasteiger partial charge in [0.2, 0.25) is 5.91 Å². The molecule has 1 aliphatic heterocycles. The molecule has 0 aromatic heterocycles. The highest BCUT2D eigenvalue weighted by Gasteiger charge is 2.50. The van der Waals surface area contributed by atoms with Crippen molar-refractivity contribution in [3.8, 4) is 0 Å². The van der Waals surface area contributed by atoms with Crippen LogP contribution in [-0.4, -0.2) is 30.4 Å². The summed E-state index contributed by atoms with van der Waals surface area (Å²) in [4.78, 5) is 14.4. The number of nitrogens with zero attached hydrogens (tertiary/aromatic N) is 1. The molecule has 2 N–H and O–H groups in total. The lowest BCUT2D eigenvalue weighted by atomic mass is 9.98. The van der Waals surface area contributed by atoms with E-state index in [1.807, 2.05) is 0 Å². The number of nitrogens with two attached hydrogens (primary N) is 1. The summed E-state index contributed by atoms with van der Waals surface area (Å²) >= 11 is 0. The van der Waals surface area contributed by atoms with Gasteiger partial charge >= 0.3 is 0 Å². The first-order chi connectivity index (χ1) is 7.72. The van der Waals surface area contributed by atoms with Crippen LogP contribution >= 0.6 is 0 Å². The zero-order chi connectivity index (χ0) is 11.6. The van der Waals surface area contributed by atoms with Crippen LogP contribution in [0.15, 0.2) is 0 Å². The summed E-state index contributed by atoms with van der Waals surface area (Å²) in [5.74, 6) is 1.16. The lowest BCUT2D eigenvalue weighted by Gasteiger charge is -2.25. The fourth-order valence-corrected chi connectivity index (χ4v) is 2.77. The van der Waals surface area contributed by atoms with Gasteiger partial charge in [0.15, 0.2) is 0 Å². The van der Waals surface area contributed by atoms with Gasteiger partial charge in [-0.1, -0.05) is 13.3 Å². The molecule has 16 heavy (non-hydrogen) atoms. The Hall–Kier alpha value is -0.570. The first kappa shape index (κ1) is 11.9. The summed E-state index contributed by atoms with van der Waals surface area (Å²) in [6, 6.07) is 0. The van der Waals surface area contributed by atoms with E-state index >= 15 is 0 Å². The summed E-state index contributed by atoms with van der Waals surface area (Å²) < 4.78 is 0. The Morgan fingerprint density at radius 3 is 2.69 bits per heavy atom. The van der Waals surface area contributed by atoms with E-state index in [4.69, 9.17) is 5.73 Å². The van der Waals surface area contributed by atoms with E-state index in [0.717, 1.165) is 31.8 Å². The minimum Gasteiger partial charge on any atom is -0.342 e. The molecule has 1 heterocycles. The van der Waals surface area contributed by atoms with E-state index in [0.29, 0.717) is 12.5 Å². The van der Waals surface area contributed by atoms with Crippen LogP contribution in [0.3, 0.4) is 0 Å². The molecule has 0 aromatic rings. The number of hydrogen-bond acceptors (Lipinski definition) is 2. The van der Waals surface area contributed by atoms with E-state index in [1.54, 1.807) is 0 Å². The average molecular weight is 224 g/mol. The van der Waals surface area contributed by atoms with E-state index in [9.17, 15) is 4.79 Å². The number of likely N-dealkylation sites (tertiary alicyclic amines) is 1. The molecular weight excluding hydrogens is 200 g/mol. The van der Waals surface area contributed by atoms with E-state index in [1.165, 1.54) is 25.7 Å². The summed E-state index contributed by atoms with van der Waals surface area (Å²) in [6.45, 7) is 4.71. The molecule has 2 fully saturated rings. The van der Waals surface area contributed by atoms with Crippen LogP contribution in [0.25, 0.3) is 0 Å². The van der Waals surface area contributed by atoms with Crippen molar-refractivity contribution < 1.29 is 4.79 Å². The molecular formula is C13H24N2O. The van der Waals surface area contributed by atoms with Crippen molar-refractivity contribution in [2.24, 2.45) is 17.1 Å². The maximum Gasteiger partial charge on any atom is 0.230 e. The van der Waals surface area contributed by atoms with Gasteiger partial charge in [-0.05, 0) is 38.0 Å². The number of amides is 1. The summed E-state index contributed by atoms with van der Waals surface area (Å²) in [5.41, 5.74) is 5.57. The standard InChI is InChI=1S/C13H24N2O/c1-2-11-4-3-8-15(9-5-11)12(16)13(10-14)6-7-13/h11H,2-10,14H2,1H3. The van der Waals surface area contributed by atoms with Gasteiger partial charge in [0.25, 0.3) is 0 Å².